The summed E-state index contributed by atoms with van der Waals surface area (Å²) in [6.07, 6.45) is 3.24. The van der Waals surface area contributed by atoms with Gasteiger partial charge in [-0.3, -0.25) is 0 Å². The standard InChI is InChI=1S/C11H14OS/c1-11(7-8-12-11)9-3-5-10(13-2)6-4-9/h3-6H,7-8H2,1-2H3. The van der Waals surface area contributed by atoms with Gasteiger partial charge in [0.2, 0.25) is 0 Å². The van der Waals surface area contributed by atoms with Crippen molar-refractivity contribution in [3.63, 3.8) is 0 Å². The van der Waals surface area contributed by atoms with Gasteiger partial charge in [-0.05, 0) is 30.9 Å². The summed E-state index contributed by atoms with van der Waals surface area (Å²) < 4.78 is 5.57. The van der Waals surface area contributed by atoms with Crippen molar-refractivity contribution in [3.05, 3.63) is 29.8 Å². The lowest BCUT2D eigenvalue weighted by molar-refractivity contribution is -0.140. The third kappa shape index (κ3) is 1.61. The van der Waals surface area contributed by atoms with E-state index in [1.807, 2.05) is 0 Å². The van der Waals surface area contributed by atoms with Crippen LogP contribution >= 0.6 is 11.8 Å². The quantitative estimate of drug-likeness (QED) is 0.669. The molecule has 2 rings (SSSR count). The van der Waals surface area contributed by atoms with Gasteiger partial charge >= 0.3 is 0 Å². The third-order valence-corrected chi connectivity index (χ3v) is 3.44. The molecule has 0 radical (unpaired) electrons. The van der Waals surface area contributed by atoms with E-state index in [2.05, 4.69) is 37.4 Å². The summed E-state index contributed by atoms with van der Waals surface area (Å²) in [7, 11) is 0. The Morgan fingerprint density at radius 1 is 1.31 bits per heavy atom. The molecule has 1 heterocycles. The fourth-order valence-corrected chi connectivity index (χ4v) is 1.99. The normalized spacial score (nSPS) is 26.9. The molecule has 1 nitrogen and oxygen atoms in total. The molecule has 1 unspecified atom stereocenters. The number of ether oxygens (including phenoxy) is 1. The lowest BCUT2D eigenvalue weighted by Crippen LogP contribution is -2.37. The number of thioether (sulfide) groups is 1. The lowest BCUT2D eigenvalue weighted by atomic mass is 9.89. The fraction of sp³-hybridized carbons (Fsp3) is 0.455. The zero-order valence-corrected chi connectivity index (χ0v) is 8.86. The van der Waals surface area contributed by atoms with E-state index in [9.17, 15) is 0 Å². The van der Waals surface area contributed by atoms with E-state index in [1.54, 1.807) is 11.8 Å². The second kappa shape index (κ2) is 3.35. The average molecular weight is 194 g/mol. The van der Waals surface area contributed by atoms with Crippen LogP contribution in [0.4, 0.5) is 0 Å². The summed E-state index contributed by atoms with van der Waals surface area (Å²) in [5.41, 5.74) is 1.30. The van der Waals surface area contributed by atoms with Crippen LogP contribution in [0.15, 0.2) is 29.2 Å². The molecule has 1 aromatic rings. The maximum Gasteiger partial charge on any atom is 0.0925 e. The van der Waals surface area contributed by atoms with Gasteiger partial charge in [-0.15, -0.1) is 11.8 Å². The van der Waals surface area contributed by atoms with E-state index in [4.69, 9.17) is 4.74 Å². The van der Waals surface area contributed by atoms with E-state index in [0.717, 1.165) is 13.0 Å². The van der Waals surface area contributed by atoms with Crippen LogP contribution in [0.1, 0.15) is 18.9 Å². The molecule has 0 aromatic heterocycles. The van der Waals surface area contributed by atoms with Crippen molar-refractivity contribution >= 4 is 11.8 Å². The van der Waals surface area contributed by atoms with Crippen LogP contribution in [-0.2, 0) is 10.3 Å². The second-order valence-corrected chi connectivity index (χ2v) is 4.44. The summed E-state index contributed by atoms with van der Waals surface area (Å²) >= 11 is 1.77. The molecule has 1 aliphatic heterocycles. The SMILES string of the molecule is CSc1ccc(C2(C)CCO2)cc1. The van der Waals surface area contributed by atoms with Gasteiger partial charge in [0.05, 0.1) is 12.2 Å². The Labute approximate surface area is 83.5 Å². The highest BCUT2D eigenvalue weighted by atomic mass is 32.2. The van der Waals surface area contributed by atoms with Crippen LogP contribution in [0.25, 0.3) is 0 Å². The Balaban J connectivity index is 2.22. The van der Waals surface area contributed by atoms with Crippen molar-refractivity contribution < 1.29 is 4.74 Å². The van der Waals surface area contributed by atoms with Crippen LogP contribution in [0, 0.1) is 0 Å². The highest BCUT2D eigenvalue weighted by molar-refractivity contribution is 7.98. The van der Waals surface area contributed by atoms with Gasteiger partial charge < -0.3 is 4.74 Å². The van der Waals surface area contributed by atoms with Gasteiger partial charge in [0.25, 0.3) is 0 Å². The molecule has 1 fully saturated rings. The van der Waals surface area contributed by atoms with Crippen LogP contribution in [0.5, 0.6) is 0 Å². The zero-order chi connectivity index (χ0) is 9.31. The van der Waals surface area contributed by atoms with Crippen molar-refractivity contribution in [3.8, 4) is 0 Å². The van der Waals surface area contributed by atoms with Gasteiger partial charge in [0.1, 0.15) is 0 Å². The lowest BCUT2D eigenvalue weighted by Gasteiger charge is -2.39. The minimum absolute atomic E-state index is 0.00304. The molecule has 1 aliphatic rings. The first-order valence-corrected chi connectivity index (χ1v) is 5.75. The number of hydrogen-bond acceptors (Lipinski definition) is 2. The molecule has 70 valence electrons. The molecule has 0 aliphatic carbocycles. The summed E-state index contributed by atoms with van der Waals surface area (Å²) in [5.74, 6) is 0. The largest absolute Gasteiger partial charge is 0.370 e. The van der Waals surface area contributed by atoms with Gasteiger partial charge in [-0.1, -0.05) is 12.1 Å². The molecular weight excluding hydrogens is 180 g/mol. The number of benzene rings is 1. The molecule has 2 heteroatoms. The molecule has 13 heavy (non-hydrogen) atoms. The van der Waals surface area contributed by atoms with Crippen LogP contribution in [0.2, 0.25) is 0 Å². The number of rotatable bonds is 2. The minimum atomic E-state index is -0.00304. The maximum absolute atomic E-state index is 5.57. The van der Waals surface area contributed by atoms with Gasteiger partial charge in [-0.25, -0.2) is 0 Å². The van der Waals surface area contributed by atoms with Crippen LogP contribution in [0.3, 0.4) is 0 Å². The highest BCUT2D eigenvalue weighted by Crippen LogP contribution is 2.37. The Hall–Kier alpha value is -0.470. The van der Waals surface area contributed by atoms with Gasteiger partial charge in [0, 0.05) is 11.3 Å². The second-order valence-electron chi connectivity index (χ2n) is 3.56. The van der Waals surface area contributed by atoms with Crippen LogP contribution in [-0.4, -0.2) is 12.9 Å². The Bertz CT molecular complexity index is 287. The van der Waals surface area contributed by atoms with E-state index >= 15 is 0 Å². The molecule has 0 bridgehead atoms. The summed E-state index contributed by atoms with van der Waals surface area (Å²) in [6.45, 7) is 3.06. The van der Waals surface area contributed by atoms with Crippen LogP contribution < -0.4 is 0 Å². The molecule has 0 spiro atoms. The van der Waals surface area contributed by atoms with Crippen molar-refractivity contribution in [2.75, 3.05) is 12.9 Å². The van der Waals surface area contributed by atoms with Crippen molar-refractivity contribution in [2.24, 2.45) is 0 Å². The Morgan fingerprint density at radius 3 is 2.31 bits per heavy atom. The maximum atomic E-state index is 5.57. The monoisotopic (exact) mass is 194 g/mol. The van der Waals surface area contributed by atoms with E-state index in [0.29, 0.717) is 0 Å². The number of hydrogen-bond donors (Lipinski definition) is 0. The first-order chi connectivity index (χ1) is 6.24. The van der Waals surface area contributed by atoms with Gasteiger partial charge in [-0.2, -0.15) is 0 Å². The molecule has 0 amide bonds. The average Bonchev–Trinajstić information content (AvgIpc) is 2.14. The van der Waals surface area contributed by atoms with Crippen molar-refractivity contribution in [1.82, 2.24) is 0 Å². The predicted octanol–water partition coefficient (Wildman–Crippen LogP) is 3.04. The zero-order valence-electron chi connectivity index (χ0n) is 8.04. The van der Waals surface area contributed by atoms with Crippen molar-refractivity contribution in [1.29, 1.82) is 0 Å². The summed E-state index contributed by atoms with van der Waals surface area (Å²) in [5, 5.41) is 0. The third-order valence-electron chi connectivity index (χ3n) is 2.70. The topological polar surface area (TPSA) is 9.23 Å². The molecule has 0 N–H and O–H groups in total. The Kier molecular flexibility index (Phi) is 2.35. The first-order valence-electron chi connectivity index (χ1n) is 4.53. The summed E-state index contributed by atoms with van der Waals surface area (Å²) in [4.78, 5) is 1.31. The molecule has 1 aromatic carbocycles. The smallest absolute Gasteiger partial charge is 0.0925 e. The molecular formula is C11H14OS. The minimum Gasteiger partial charge on any atom is -0.370 e. The fourth-order valence-electron chi connectivity index (χ4n) is 1.58. The molecule has 1 atom stereocenters. The van der Waals surface area contributed by atoms with Crippen molar-refractivity contribution in [2.45, 2.75) is 23.8 Å². The predicted molar refractivity (Wildman–Crippen MR) is 56.1 cm³/mol. The molecule has 0 saturated carbocycles. The first kappa shape index (κ1) is 9.10. The van der Waals surface area contributed by atoms with Gasteiger partial charge in [0.15, 0.2) is 0 Å². The molecule has 1 saturated heterocycles. The van der Waals surface area contributed by atoms with E-state index in [-0.39, 0.29) is 5.60 Å². The van der Waals surface area contributed by atoms with E-state index < -0.39 is 0 Å². The summed E-state index contributed by atoms with van der Waals surface area (Å²) in [6, 6.07) is 8.66. The van der Waals surface area contributed by atoms with E-state index in [1.165, 1.54) is 10.5 Å². The highest BCUT2D eigenvalue weighted by Gasteiger charge is 2.34. The Morgan fingerprint density at radius 2 is 1.92 bits per heavy atom.